The van der Waals surface area contributed by atoms with Gasteiger partial charge < -0.3 is 45.1 Å². The minimum Gasteiger partial charge on any atom is -0.466 e. The fourth-order valence-corrected chi connectivity index (χ4v) is 8.88. The molecule has 11 nitrogen and oxygen atoms in total. The van der Waals surface area contributed by atoms with Gasteiger partial charge in [-0.05, 0) is 64.2 Å². The van der Waals surface area contributed by atoms with Gasteiger partial charge in [0.15, 0.2) is 6.29 Å². The van der Waals surface area contributed by atoms with Gasteiger partial charge in [-0.15, -0.1) is 0 Å². The van der Waals surface area contributed by atoms with E-state index in [9.17, 15) is 35.1 Å². The molecule has 0 radical (unpaired) electrons. The standard InChI is InChI=1S/C58H107NO10/c1-3-5-7-9-11-13-14-15-16-20-23-26-30-34-38-42-46-54(63)67-47-43-39-35-31-27-24-21-18-17-19-22-25-29-33-37-41-45-53(62)59-50(51(61)44-40-36-32-28-12-10-8-6-4-2)49-68-58-57(66)56(65)55(64)52(48-60)69-58/h13-14,16,20,40,44,50-52,55-58,60-61,64-66H,3-12,15,17-19,21-39,41-43,45-49H2,1-2H3,(H,59,62)/b14-13-,20-16-,44-40+. The van der Waals surface area contributed by atoms with Gasteiger partial charge in [0, 0.05) is 12.8 Å². The molecule has 404 valence electrons. The van der Waals surface area contributed by atoms with Crippen LogP contribution in [0.5, 0.6) is 0 Å². The molecule has 0 aromatic carbocycles. The fourth-order valence-electron chi connectivity index (χ4n) is 8.88. The molecule has 0 aromatic rings. The molecule has 6 N–H and O–H groups in total. The molecule has 11 heteroatoms. The Morgan fingerprint density at radius 3 is 1.48 bits per heavy atom. The second-order valence-corrected chi connectivity index (χ2v) is 20.0. The van der Waals surface area contributed by atoms with Crippen LogP contribution in [0.2, 0.25) is 0 Å². The van der Waals surface area contributed by atoms with Crippen LogP contribution in [0, 0.1) is 0 Å². The number of esters is 1. The molecule has 0 bridgehead atoms. The maximum absolute atomic E-state index is 13.0. The zero-order valence-corrected chi connectivity index (χ0v) is 44.3. The van der Waals surface area contributed by atoms with Gasteiger partial charge in [-0.3, -0.25) is 9.59 Å². The first-order valence-electron chi connectivity index (χ1n) is 28.8. The molecule has 1 amide bonds. The van der Waals surface area contributed by atoms with Crippen LogP contribution in [-0.2, 0) is 23.8 Å². The lowest BCUT2D eigenvalue weighted by molar-refractivity contribution is -0.302. The number of hydrogen-bond acceptors (Lipinski definition) is 10. The van der Waals surface area contributed by atoms with Crippen molar-refractivity contribution in [3.8, 4) is 0 Å². The van der Waals surface area contributed by atoms with E-state index in [0.717, 1.165) is 83.5 Å². The summed E-state index contributed by atoms with van der Waals surface area (Å²) in [5.74, 6) is -0.220. The third-order valence-electron chi connectivity index (χ3n) is 13.5. The first-order valence-corrected chi connectivity index (χ1v) is 28.8. The van der Waals surface area contributed by atoms with Crippen molar-refractivity contribution >= 4 is 11.9 Å². The number of unbranched alkanes of at least 4 members (excludes halogenated alkanes) is 31. The Hall–Kier alpha value is -2.12. The van der Waals surface area contributed by atoms with Gasteiger partial charge in [0.25, 0.3) is 0 Å². The molecule has 7 unspecified atom stereocenters. The third-order valence-corrected chi connectivity index (χ3v) is 13.5. The summed E-state index contributed by atoms with van der Waals surface area (Å²) < 4.78 is 16.7. The molecule has 7 atom stereocenters. The summed E-state index contributed by atoms with van der Waals surface area (Å²) in [5, 5.41) is 54.2. The van der Waals surface area contributed by atoms with Crippen molar-refractivity contribution in [1.82, 2.24) is 5.32 Å². The van der Waals surface area contributed by atoms with Crippen molar-refractivity contribution in [2.24, 2.45) is 0 Å². The van der Waals surface area contributed by atoms with E-state index >= 15 is 0 Å². The SMILES string of the molecule is CCCCCC/C=C\C/C=C\CCCCCCCC(=O)OCCCCCCCCCCCCCCCCCCC(=O)NC(COC1OC(CO)C(O)C(O)C1O)C(O)/C=C/CCCCCCCCC. The molecular weight excluding hydrogens is 871 g/mol. The Kier molecular flexibility index (Phi) is 45.3. The van der Waals surface area contributed by atoms with Crippen LogP contribution < -0.4 is 5.32 Å². The molecule has 0 saturated carbocycles. The molecule has 0 aliphatic carbocycles. The van der Waals surface area contributed by atoms with Gasteiger partial charge >= 0.3 is 5.97 Å². The normalized spacial score (nSPS) is 19.6. The van der Waals surface area contributed by atoms with Crippen LogP contribution in [0.15, 0.2) is 36.5 Å². The van der Waals surface area contributed by atoms with Crippen LogP contribution in [-0.4, -0.2) is 100 Å². The molecular formula is C58H107NO10. The number of carbonyl (C=O) groups excluding carboxylic acids is 2. The molecule has 0 spiro atoms. The molecule has 1 fully saturated rings. The second kappa shape index (κ2) is 48.2. The molecule has 69 heavy (non-hydrogen) atoms. The minimum atomic E-state index is -1.57. The summed E-state index contributed by atoms with van der Waals surface area (Å²) in [5.41, 5.74) is 0. The number of amides is 1. The predicted molar refractivity (Wildman–Crippen MR) is 283 cm³/mol. The van der Waals surface area contributed by atoms with E-state index in [2.05, 4.69) is 43.5 Å². The van der Waals surface area contributed by atoms with E-state index in [1.165, 1.54) is 148 Å². The van der Waals surface area contributed by atoms with Gasteiger partial charge in [-0.2, -0.15) is 0 Å². The Labute approximate surface area is 422 Å². The highest BCUT2D eigenvalue weighted by Crippen LogP contribution is 2.23. The van der Waals surface area contributed by atoms with Crippen molar-refractivity contribution in [2.45, 2.75) is 301 Å². The summed E-state index contributed by atoms with van der Waals surface area (Å²) >= 11 is 0. The number of rotatable bonds is 49. The molecule has 1 aliphatic heterocycles. The summed E-state index contributed by atoms with van der Waals surface area (Å²) in [6.45, 7) is 4.26. The number of ether oxygens (including phenoxy) is 3. The van der Waals surface area contributed by atoms with Crippen LogP contribution in [0.3, 0.4) is 0 Å². The molecule has 1 rings (SSSR count). The number of aliphatic hydroxyl groups excluding tert-OH is 5. The highest BCUT2D eigenvalue weighted by molar-refractivity contribution is 5.76. The maximum atomic E-state index is 13.0. The topological polar surface area (TPSA) is 175 Å². The smallest absolute Gasteiger partial charge is 0.305 e. The van der Waals surface area contributed by atoms with Gasteiger partial charge in [0.1, 0.15) is 24.4 Å². The maximum Gasteiger partial charge on any atom is 0.305 e. The molecule has 0 aromatic heterocycles. The number of carbonyl (C=O) groups is 2. The number of hydrogen-bond donors (Lipinski definition) is 6. The van der Waals surface area contributed by atoms with E-state index in [4.69, 9.17) is 14.2 Å². The van der Waals surface area contributed by atoms with Crippen LogP contribution in [0.1, 0.15) is 258 Å². The molecule has 1 heterocycles. The summed E-state index contributed by atoms with van der Waals surface area (Å²) in [7, 11) is 0. The zero-order chi connectivity index (χ0) is 50.3. The number of allylic oxidation sites excluding steroid dienone is 5. The minimum absolute atomic E-state index is 0.0287. The van der Waals surface area contributed by atoms with E-state index in [0.29, 0.717) is 19.4 Å². The Bertz CT molecular complexity index is 1240. The van der Waals surface area contributed by atoms with Crippen LogP contribution >= 0.6 is 0 Å². The van der Waals surface area contributed by atoms with E-state index in [-0.39, 0.29) is 18.5 Å². The summed E-state index contributed by atoms with van der Waals surface area (Å²) in [6.07, 6.45) is 48.1. The monoisotopic (exact) mass is 978 g/mol. The quantitative estimate of drug-likeness (QED) is 0.0196. The van der Waals surface area contributed by atoms with Gasteiger partial charge in [0.2, 0.25) is 5.91 Å². The van der Waals surface area contributed by atoms with Crippen molar-refractivity contribution < 1.29 is 49.3 Å². The zero-order valence-electron chi connectivity index (χ0n) is 44.3. The Balaban J connectivity index is 2.04. The van der Waals surface area contributed by atoms with Crippen LogP contribution in [0.4, 0.5) is 0 Å². The first kappa shape index (κ1) is 64.9. The van der Waals surface area contributed by atoms with Gasteiger partial charge in [-0.25, -0.2) is 0 Å². The lowest BCUT2D eigenvalue weighted by atomic mass is 9.99. The predicted octanol–water partition coefficient (Wildman–Crippen LogP) is 12.7. The van der Waals surface area contributed by atoms with Crippen molar-refractivity contribution in [3.63, 3.8) is 0 Å². The third kappa shape index (κ3) is 38.2. The van der Waals surface area contributed by atoms with Crippen LogP contribution in [0.25, 0.3) is 0 Å². The van der Waals surface area contributed by atoms with Crippen molar-refractivity contribution in [1.29, 1.82) is 0 Å². The highest BCUT2D eigenvalue weighted by Gasteiger charge is 2.44. The first-order chi connectivity index (χ1) is 33.7. The Morgan fingerprint density at radius 2 is 0.971 bits per heavy atom. The van der Waals surface area contributed by atoms with Gasteiger partial charge in [-0.1, -0.05) is 217 Å². The Morgan fingerprint density at radius 1 is 0.536 bits per heavy atom. The second-order valence-electron chi connectivity index (χ2n) is 20.0. The van der Waals surface area contributed by atoms with Crippen molar-refractivity contribution in [3.05, 3.63) is 36.5 Å². The molecule has 1 saturated heterocycles. The lowest BCUT2D eigenvalue weighted by Crippen LogP contribution is -2.60. The summed E-state index contributed by atoms with van der Waals surface area (Å²) in [4.78, 5) is 25.1. The fraction of sp³-hybridized carbons (Fsp3) is 0.862. The average molecular weight is 978 g/mol. The molecule has 1 aliphatic rings. The summed E-state index contributed by atoms with van der Waals surface area (Å²) in [6, 6.07) is -0.814. The van der Waals surface area contributed by atoms with E-state index in [1.54, 1.807) is 6.08 Å². The lowest BCUT2D eigenvalue weighted by Gasteiger charge is -2.40. The van der Waals surface area contributed by atoms with E-state index in [1.807, 2.05) is 6.08 Å². The van der Waals surface area contributed by atoms with Crippen molar-refractivity contribution in [2.75, 3.05) is 19.8 Å². The number of aliphatic hydroxyl groups is 5. The van der Waals surface area contributed by atoms with Gasteiger partial charge in [0.05, 0.1) is 32.0 Å². The average Bonchev–Trinajstić information content (AvgIpc) is 3.34. The van der Waals surface area contributed by atoms with E-state index < -0.39 is 49.5 Å². The number of nitrogens with one attached hydrogen (secondary N) is 1. The largest absolute Gasteiger partial charge is 0.466 e. The highest BCUT2D eigenvalue weighted by atomic mass is 16.7.